The van der Waals surface area contributed by atoms with Gasteiger partial charge in [-0.25, -0.2) is 4.98 Å². The average molecular weight is 394 g/mol. The Kier molecular flexibility index (Phi) is 5.16. The summed E-state index contributed by atoms with van der Waals surface area (Å²) >= 11 is 0. The van der Waals surface area contributed by atoms with Crippen molar-refractivity contribution < 1.29 is 14.0 Å². The predicted octanol–water partition coefficient (Wildman–Crippen LogP) is 1.67. The number of aryl methyl sites for hydroxylation is 2. The van der Waals surface area contributed by atoms with Crippen LogP contribution in [0, 0.1) is 6.92 Å². The van der Waals surface area contributed by atoms with E-state index in [1.165, 1.54) is 23.4 Å². The van der Waals surface area contributed by atoms with Crippen LogP contribution in [0.1, 0.15) is 22.3 Å². The molecule has 0 N–H and O–H groups in total. The smallest absolute Gasteiger partial charge is 0.261 e. The Morgan fingerprint density at radius 2 is 1.86 bits per heavy atom. The van der Waals surface area contributed by atoms with Gasteiger partial charge in [-0.15, -0.1) is 0 Å². The summed E-state index contributed by atoms with van der Waals surface area (Å²) in [6.45, 7) is 4.11. The van der Waals surface area contributed by atoms with Crippen molar-refractivity contribution in [3.8, 4) is 0 Å². The van der Waals surface area contributed by atoms with Crippen molar-refractivity contribution >= 4 is 22.7 Å². The number of piperazine rings is 1. The summed E-state index contributed by atoms with van der Waals surface area (Å²) in [5.41, 5.74) is 2.02. The van der Waals surface area contributed by atoms with Gasteiger partial charge in [-0.1, -0.05) is 12.1 Å². The molecule has 2 amide bonds. The number of carbonyl (C=O) groups is 2. The second kappa shape index (κ2) is 7.90. The molecular weight excluding hydrogens is 372 g/mol. The molecule has 1 fully saturated rings. The number of carbonyl (C=O) groups excluding carboxylic acids is 2. The lowest BCUT2D eigenvalue weighted by molar-refractivity contribution is -0.132. The molecule has 0 radical (unpaired) electrons. The maximum Gasteiger partial charge on any atom is 0.261 e. The third-order valence-corrected chi connectivity index (χ3v) is 5.31. The predicted molar refractivity (Wildman–Crippen MR) is 107 cm³/mol. The zero-order valence-electron chi connectivity index (χ0n) is 16.2. The van der Waals surface area contributed by atoms with Crippen LogP contribution in [0.3, 0.4) is 0 Å². The molecule has 0 unspecified atom stereocenters. The van der Waals surface area contributed by atoms with Crippen molar-refractivity contribution in [2.75, 3.05) is 26.2 Å². The molecule has 0 spiro atoms. The van der Waals surface area contributed by atoms with Gasteiger partial charge < -0.3 is 14.2 Å². The first-order chi connectivity index (χ1) is 14.0. The lowest BCUT2D eigenvalue weighted by Gasteiger charge is -2.34. The van der Waals surface area contributed by atoms with Crippen molar-refractivity contribution in [1.82, 2.24) is 19.4 Å². The molecular formula is C21H22N4O4. The van der Waals surface area contributed by atoms with Gasteiger partial charge in [0.1, 0.15) is 6.26 Å². The van der Waals surface area contributed by atoms with Gasteiger partial charge in [-0.3, -0.25) is 19.0 Å². The Morgan fingerprint density at radius 3 is 2.59 bits per heavy atom. The van der Waals surface area contributed by atoms with Gasteiger partial charge in [0.15, 0.2) is 0 Å². The number of benzene rings is 1. The van der Waals surface area contributed by atoms with E-state index in [4.69, 9.17) is 4.42 Å². The van der Waals surface area contributed by atoms with Gasteiger partial charge in [0, 0.05) is 39.1 Å². The van der Waals surface area contributed by atoms with Crippen LogP contribution >= 0.6 is 0 Å². The molecule has 2 aromatic heterocycles. The summed E-state index contributed by atoms with van der Waals surface area (Å²) in [6.07, 6.45) is 4.62. The molecule has 0 aliphatic carbocycles. The first kappa shape index (κ1) is 18.9. The lowest BCUT2D eigenvalue weighted by atomic mass is 10.1. The van der Waals surface area contributed by atoms with E-state index in [0.717, 1.165) is 5.56 Å². The van der Waals surface area contributed by atoms with Crippen molar-refractivity contribution in [2.24, 2.45) is 0 Å². The van der Waals surface area contributed by atoms with E-state index in [2.05, 4.69) is 4.98 Å². The van der Waals surface area contributed by atoms with Crippen molar-refractivity contribution in [3.63, 3.8) is 0 Å². The van der Waals surface area contributed by atoms with E-state index in [0.29, 0.717) is 42.6 Å². The maximum atomic E-state index is 12.6. The number of furan rings is 1. The molecule has 0 atom stereocenters. The van der Waals surface area contributed by atoms with Crippen LogP contribution < -0.4 is 5.56 Å². The minimum Gasteiger partial charge on any atom is -0.472 e. The molecule has 1 saturated heterocycles. The molecule has 4 rings (SSSR count). The molecule has 3 heterocycles. The second-order valence-corrected chi connectivity index (χ2v) is 7.15. The largest absolute Gasteiger partial charge is 0.472 e. The highest BCUT2D eigenvalue weighted by molar-refractivity contribution is 5.94. The highest BCUT2D eigenvalue weighted by Crippen LogP contribution is 2.12. The Morgan fingerprint density at radius 1 is 1.10 bits per heavy atom. The molecule has 8 nitrogen and oxygen atoms in total. The van der Waals surface area contributed by atoms with E-state index < -0.39 is 0 Å². The molecule has 0 saturated carbocycles. The highest BCUT2D eigenvalue weighted by Gasteiger charge is 2.25. The minimum atomic E-state index is -0.137. The summed E-state index contributed by atoms with van der Waals surface area (Å²) in [4.78, 5) is 45.4. The van der Waals surface area contributed by atoms with Crippen LogP contribution in [0.5, 0.6) is 0 Å². The van der Waals surface area contributed by atoms with E-state index in [1.54, 1.807) is 21.9 Å². The van der Waals surface area contributed by atoms with Gasteiger partial charge in [-0.2, -0.15) is 0 Å². The fraction of sp³-hybridized carbons (Fsp3) is 0.333. The van der Waals surface area contributed by atoms with E-state index in [9.17, 15) is 14.4 Å². The molecule has 0 bridgehead atoms. The molecule has 1 aliphatic heterocycles. The summed E-state index contributed by atoms with van der Waals surface area (Å²) in [5, 5.41) is 0.561. The number of hydrogen-bond donors (Lipinski definition) is 0. The zero-order chi connectivity index (χ0) is 20.4. The molecule has 150 valence electrons. The number of rotatable bonds is 4. The monoisotopic (exact) mass is 394 g/mol. The Labute approximate surface area is 167 Å². The second-order valence-electron chi connectivity index (χ2n) is 7.15. The van der Waals surface area contributed by atoms with E-state index in [1.807, 2.05) is 19.1 Å². The third kappa shape index (κ3) is 3.78. The van der Waals surface area contributed by atoms with Gasteiger partial charge in [0.2, 0.25) is 5.91 Å². The topological polar surface area (TPSA) is 88.7 Å². The van der Waals surface area contributed by atoms with Crippen LogP contribution in [0.2, 0.25) is 0 Å². The zero-order valence-corrected chi connectivity index (χ0v) is 16.2. The van der Waals surface area contributed by atoms with Crippen LogP contribution in [-0.4, -0.2) is 57.3 Å². The average Bonchev–Trinajstić information content (AvgIpc) is 3.28. The van der Waals surface area contributed by atoms with Crippen molar-refractivity contribution in [2.45, 2.75) is 19.9 Å². The first-order valence-electron chi connectivity index (χ1n) is 9.58. The summed E-state index contributed by atoms with van der Waals surface area (Å²) in [7, 11) is 0. The van der Waals surface area contributed by atoms with E-state index in [-0.39, 0.29) is 30.3 Å². The Balaban J connectivity index is 1.35. The van der Waals surface area contributed by atoms with Crippen molar-refractivity contribution in [1.29, 1.82) is 0 Å². The van der Waals surface area contributed by atoms with Crippen LogP contribution in [0.25, 0.3) is 10.9 Å². The van der Waals surface area contributed by atoms with Crippen LogP contribution in [0.15, 0.2) is 52.3 Å². The molecule has 1 aliphatic rings. The van der Waals surface area contributed by atoms with Crippen LogP contribution in [0.4, 0.5) is 0 Å². The molecule has 1 aromatic carbocycles. The fourth-order valence-electron chi connectivity index (χ4n) is 3.60. The Bertz CT molecular complexity index is 1100. The fourth-order valence-corrected chi connectivity index (χ4v) is 3.60. The Hall–Kier alpha value is -3.42. The SMILES string of the molecule is Cc1cccc2c(=O)n(CCC(=O)N3CCN(C(=O)c4ccoc4)CC3)cnc12. The number of nitrogens with zero attached hydrogens (tertiary/aromatic N) is 4. The number of fused-ring (bicyclic) bond motifs is 1. The van der Waals surface area contributed by atoms with Gasteiger partial charge in [-0.05, 0) is 24.6 Å². The quantitative estimate of drug-likeness (QED) is 0.672. The number of hydrogen-bond acceptors (Lipinski definition) is 5. The van der Waals surface area contributed by atoms with Crippen LogP contribution in [-0.2, 0) is 11.3 Å². The van der Waals surface area contributed by atoms with Gasteiger partial charge in [0.05, 0.1) is 29.1 Å². The van der Waals surface area contributed by atoms with Crippen molar-refractivity contribution in [3.05, 3.63) is 64.6 Å². The van der Waals surface area contributed by atoms with Gasteiger partial charge in [0.25, 0.3) is 11.5 Å². The molecule has 29 heavy (non-hydrogen) atoms. The number of aromatic nitrogens is 2. The standard InChI is InChI=1S/C21H22N4O4/c1-15-3-2-4-17-19(15)22-14-25(21(17)28)7-5-18(26)23-8-10-24(11-9-23)20(27)16-6-12-29-13-16/h2-4,6,12-14H,5,7-11H2,1H3. The summed E-state index contributed by atoms with van der Waals surface area (Å²) < 4.78 is 6.44. The number of para-hydroxylation sites is 1. The highest BCUT2D eigenvalue weighted by atomic mass is 16.3. The van der Waals surface area contributed by atoms with Gasteiger partial charge >= 0.3 is 0 Å². The number of amides is 2. The normalized spacial score (nSPS) is 14.4. The minimum absolute atomic E-state index is 0.0309. The molecule has 8 heteroatoms. The first-order valence-corrected chi connectivity index (χ1v) is 9.58. The summed E-state index contributed by atoms with van der Waals surface area (Å²) in [6, 6.07) is 7.14. The lowest BCUT2D eigenvalue weighted by Crippen LogP contribution is -2.50. The maximum absolute atomic E-state index is 12.6. The summed E-state index contributed by atoms with van der Waals surface area (Å²) in [5.74, 6) is -0.119. The molecule has 3 aromatic rings. The van der Waals surface area contributed by atoms with E-state index >= 15 is 0 Å². The third-order valence-electron chi connectivity index (χ3n) is 5.31.